The average Bonchev–Trinajstić information content (AvgIpc) is 3.61. The molecule has 0 aromatic rings. The molecular weight excluding hydrogens is 390 g/mol. The summed E-state index contributed by atoms with van der Waals surface area (Å²) in [5.41, 5.74) is -0.568. The van der Waals surface area contributed by atoms with Crippen molar-refractivity contribution < 1.29 is 24.0 Å². The van der Waals surface area contributed by atoms with Crippen LogP contribution in [0, 0.1) is 11.8 Å². The molecule has 3 unspecified atom stereocenters. The first-order valence-corrected chi connectivity index (χ1v) is 10.7. The van der Waals surface area contributed by atoms with Gasteiger partial charge in [0, 0.05) is 32.0 Å². The fourth-order valence-corrected chi connectivity index (χ4v) is 4.35. The molecule has 4 fully saturated rings. The predicted octanol–water partition coefficient (Wildman–Crippen LogP) is -0.613. The molecule has 30 heavy (non-hydrogen) atoms. The van der Waals surface area contributed by atoms with E-state index in [4.69, 9.17) is 0 Å². The number of amides is 6. The summed E-state index contributed by atoms with van der Waals surface area (Å²) in [6.07, 6.45) is 4.59. The highest BCUT2D eigenvalue weighted by molar-refractivity contribution is 6.04. The Morgan fingerprint density at radius 3 is 2.50 bits per heavy atom. The third kappa shape index (κ3) is 4.57. The quantitative estimate of drug-likeness (QED) is 0.370. The molecule has 0 aromatic carbocycles. The lowest BCUT2D eigenvalue weighted by Crippen LogP contribution is -2.56. The Morgan fingerprint density at radius 1 is 1.17 bits per heavy atom. The molecule has 10 heteroatoms. The van der Waals surface area contributed by atoms with Crippen LogP contribution < -0.4 is 21.3 Å². The van der Waals surface area contributed by atoms with E-state index in [2.05, 4.69) is 21.3 Å². The monoisotopic (exact) mass is 419 g/mol. The van der Waals surface area contributed by atoms with Crippen molar-refractivity contribution in [1.29, 1.82) is 0 Å². The maximum Gasteiger partial charge on any atom is 0.322 e. The van der Waals surface area contributed by atoms with Crippen LogP contribution in [-0.2, 0) is 19.2 Å². The molecule has 2 aliphatic heterocycles. The number of carbonyl (C=O) groups is 5. The molecule has 6 amide bonds. The first-order valence-electron chi connectivity index (χ1n) is 10.7. The summed E-state index contributed by atoms with van der Waals surface area (Å²) < 4.78 is 0. The van der Waals surface area contributed by atoms with Crippen molar-refractivity contribution in [2.24, 2.45) is 11.8 Å². The highest BCUT2D eigenvalue weighted by Crippen LogP contribution is 2.40. The minimum atomic E-state index is -0.688. The molecule has 2 aliphatic carbocycles. The van der Waals surface area contributed by atoms with Gasteiger partial charge in [-0.15, -0.1) is 0 Å². The van der Waals surface area contributed by atoms with E-state index in [0.717, 1.165) is 25.7 Å². The molecule has 10 nitrogen and oxygen atoms in total. The van der Waals surface area contributed by atoms with Gasteiger partial charge in [-0.3, -0.25) is 24.5 Å². The maximum atomic E-state index is 12.9. The van der Waals surface area contributed by atoms with Crippen LogP contribution in [0.1, 0.15) is 51.9 Å². The Morgan fingerprint density at radius 2 is 1.90 bits per heavy atom. The second kappa shape index (κ2) is 7.88. The Kier molecular flexibility index (Phi) is 5.42. The van der Waals surface area contributed by atoms with E-state index in [0.29, 0.717) is 25.0 Å². The first-order chi connectivity index (χ1) is 14.2. The molecular formula is C20H29N5O5. The minimum absolute atomic E-state index is 0.0575. The smallest absolute Gasteiger partial charge is 0.322 e. The van der Waals surface area contributed by atoms with Crippen LogP contribution in [0.15, 0.2) is 0 Å². The SMILES string of the molecule is CC(CNC(=O)CCC1NC(=O)NC1=O)(NC(=O)C1CC(=O)N(C2CC2)C1)C1CC1. The Bertz CT molecular complexity index is 778. The van der Waals surface area contributed by atoms with Crippen LogP contribution in [0.3, 0.4) is 0 Å². The van der Waals surface area contributed by atoms with Gasteiger partial charge < -0.3 is 20.9 Å². The zero-order chi connectivity index (χ0) is 21.5. The summed E-state index contributed by atoms with van der Waals surface area (Å²) in [4.78, 5) is 61.8. The molecule has 4 aliphatic rings. The molecule has 0 aromatic heterocycles. The van der Waals surface area contributed by atoms with E-state index in [1.807, 2.05) is 11.8 Å². The number of nitrogens with one attached hydrogen (secondary N) is 4. The topological polar surface area (TPSA) is 137 Å². The number of carbonyl (C=O) groups excluding carboxylic acids is 5. The summed E-state index contributed by atoms with van der Waals surface area (Å²) in [6, 6.07) is -0.914. The van der Waals surface area contributed by atoms with Crippen molar-refractivity contribution in [1.82, 2.24) is 26.2 Å². The van der Waals surface area contributed by atoms with Crippen LogP contribution in [0.25, 0.3) is 0 Å². The zero-order valence-corrected chi connectivity index (χ0v) is 17.2. The van der Waals surface area contributed by atoms with E-state index in [1.54, 1.807) is 0 Å². The van der Waals surface area contributed by atoms with Gasteiger partial charge in [-0.1, -0.05) is 0 Å². The van der Waals surface area contributed by atoms with E-state index in [9.17, 15) is 24.0 Å². The van der Waals surface area contributed by atoms with Crippen molar-refractivity contribution in [2.45, 2.75) is 69.5 Å². The second-order valence-corrected chi connectivity index (χ2v) is 9.19. The van der Waals surface area contributed by atoms with Gasteiger partial charge in [-0.2, -0.15) is 0 Å². The van der Waals surface area contributed by atoms with Crippen LogP contribution >= 0.6 is 0 Å². The van der Waals surface area contributed by atoms with E-state index in [-0.39, 0.29) is 42.9 Å². The average molecular weight is 419 g/mol. The number of rotatable bonds is 9. The van der Waals surface area contributed by atoms with Gasteiger partial charge >= 0.3 is 6.03 Å². The van der Waals surface area contributed by atoms with E-state index >= 15 is 0 Å². The van der Waals surface area contributed by atoms with Gasteiger partial charge in [-0.05, 0) is 44.9 Å². The number of imide groups is 1. The van der Waals surface area contributed by atoms with Crippen LogP contribution in [0.5, 0.6) is 0 Å². The van der Waals surface area contributed by atoms with Gasteiger partial charge in [0.25, 0.3) is 5.91 Å². The van der Waals surface area contributed by atoms with Crippen molar-refractivity contribution in [3.05, 3.63) is 0 Å². The number of nitrogens with zero attached hydrogens (tertiary/aromatic N) is 1. The van der Waals surface area contributed by atoms with Crippen LogP contribution in [0.4, 0.5) is 4.79 Å². The van der Waals surface area contributed by atoms with Crippen molar-refractivity contribution in [3.63, 3.8) is 0 Å². The first kappa shape index (κ1) is 20.6. The minimum Gasteiger partial charge on any atom is -0.354 e. The fraction of sp³-hybridized carbons (Fsp3) is 0.750. The third-order valence-corrected chi connectivity index (χ3v) is 6.58. The van der Waals surface area contributed by atoms with Crippen molar-refractivity contribution in [3.8, 4) is 0 Å². The van der Waals surface area contributed by atoms with E-state index in [1.165, 1.54) is 0 Å². The molecule has 4 N–H and O–H groups in total. The molecule has 3 atom stereocenters. The Balaban J connectivity index is 1.26. The van der Waals surface area contributed by atoms with Crippen LogP contribution in [-0.4, -0.2) is 65.3 Å². The van der Waals surface area contributed by atoms with Crippen LogP contribution in [0.2, 0.25) is 0 Å². The Hall–Kier alpha value is -2.65. The molecule has 0 radical (unpaired) electrons. The fourth-order valence-electron chi connectivity index (χ4n) is 4.35. The van der Waals surface area contributed by atoms with Gasteiger partial charge in [0.2, 0.25) is 17.7 Å². The molecule has 0 bridgehead atoms. The number of urea groups is 1. The number of hydrogen-bond acceptors (Lipinski definition) is 5. The summed E-state index contributed by atoms with van der Waals surface area (Å²) in [5, 5.41) is 10.6. The zero-order valence-electron chi connectivity index (χ0n) is 17.2. The highest BCUT2D eigenvalue weighted by Gasteiger charge is 2.46. The summed E-state index contributed by atoms with van der Waals surface area (Å²) >= 11 is 0. The third-order valence-electron chi connectivity index (χ3n) is 6.58. The van der Waals surface area contributed by atoms with Crippen molar-refractivity contribution >= 4 is 29.7 Å². The molecule has 2 saturated heterocycles. The molecule has 4 rings (SSSR count). The van der Waals surface area contributed by atoms with Gasteiger partial charge in [0.05, 0.1) is 11.5 Å². The standard InChI is InChI=1S/C20H29N5O5/c1-20(12-2-3-12,10-21-15(26)7-6-14-18(29)23-19(30)22-14)24-17(28)11-8-16(27)25(9-11)13-4-5-13/h11-14H,2-10H2,1H3,(H,21,26)(H,24,28)(H2,22,23,29,30). The summed E-state index contributed by atoms with van der Waals surface area (Å²) in [6.45, 7) is 2.71. The molecule has 2 heterocycles. The largest absolute Gasteiger partial charge is 0.354 e. The number of likely N-dealkylation sites (tertiary alicyclic amines) is 1. The lowest BCUT2D eigenvalue weighted by Gasteiger charge is -2.32. The molecule has 2 saturated carbocycles. The highest BCUT2D eigenvalue weighted by atomic mass is 16.2. The molecule has 0 spiro atoms. The second-order valence-electron chi connectivity index (χ2n) is 9.19. The maximum absolute atomic E-state index is 12.9. The number of hydrogen-bond donors (Lipinski definition) is 4. The van der Waals surface area contributed by atoms with Crippen molar-refractivity contribution in [2.75, 3.05) is 13.1 Å². The van der Waals surface area contributed by atoms with Gasteiger partial charge in [0.1, 0.15) is 6.04 Å². The van der Waals surface area contributed by atoms with Gasteiger partial charge in [-0.25, -0.2) is 4.79 Å². The predicted molar refractivity (Wildman–Crippen MR) is 105 cm³/mol. The lowest BCUT2D eigenvalue weighted by atomic mass is 9.93. The van der Waals surface area contributed by atoms with E-state index < -0.39 is 23.5 Å². The summed E-state index contributed by atoms with van der Waals surface area (Å²) in [5.74, 6) is -0.771. The molecule has 164 valence electrons. The Labute approximate surface area is 174 Å². The van der Waals surface area contributed by atoms with Gasteiger partial charge in [0.15, 0.2) is 0 Å². The summed E-state index contributed by atoms with van der Waals surface area (Å²) in [7, 11) is 0. The normalized spacial score (nSPS) is 28.0. The lowest BCUT2D eigenvalue weighted by molar-refractivity contribution is -0.130.